The lowest BCUT2D eigenvalue weighted by Crippen LogP contribution is -2.36. The quantitative estimate of drug-likeness (QED) is 0.0658. The molecule has 2 aliphatic rings. The Morgan fingerprint density at radius 3 is 1.64 bits per heavy atom. The summed E-state index contributed by atoms with van der Waals surface area (Å²) in [5.41, 5.74) is 12.3. The molecular weight excluding hydrogens is 849 g/mol. The van der Waals surface area contributed by atoms with Crippen LogP contribution >= 0.6 is 0 Å². The van der Waals surface area contributed by atoms with Crippen molar-refractivity contribution in [2.45, 2.75) is 105 Å². The Labute approximate surface area is 393 Å². The zero-order valence-electron chi connectivity index (χ0n) is 40.2. The lowest BCUT2D eigenvalue weighted by molar-refractivity contribution is 0.0543. The van der Waals surface area contributed by atoms with Gasteiger partial charge in [0.1, 0.15) is 17.1 Å². The molecular formula is C53H66N6O8. The highest BCUT2D eigenvalue weighted by Gasteiger charge is 2.32. The molecule has 0 bridgehead atoms. The molecule has 2 amide bonds. The van der Waals surface area contributed by atoms with Crippen molar-refractivity contribution in [1.29, 1.82) is 0 Å². The van der Waals surface area contributed by atoms with E-state index in [9.17, 15) is 14.4 Å². The van der Waals surface area contributed by atoms with E-state index in [1.54, 1.807) is 60.2 Å². The number of hydroxylamine groups is 2. The summed E-state index contributed by atoms with van der Waals surface area (Å²) in [4.78, 5) is 44.7. The third-order valence-electron chi connectivity index (χ3n) is 13.4. The van der Waals surface area contributed by atoms with Crippen molar-refractivity contribution in [3.63, 3.8) is 0 Å². The third kappa shape index (κ3) is 10.8. The minimum absolute atomic E-state index is 0.156. The Hall–Kier alpha value is -6.19. The second-order valence-corrected chi connectivity index (χ2v) is 19.3. The number of aromatic amines is 1. The summed E-state index contributed by atoms with van der Waals surface area (Å²) in [5.74, 6) is 1.90. The van der Waals surface area contributed by atoms with Crippen LogP contribution in [0, 0.1) is 25.7 Å². The molecule has 4 aromatic carbocycles. The topological polar surface area (TPSA) is 171 Å². The summed E-state index contributed by atoms with van der Waals surface area (Å²) in [6.45, 7) is 17.6. The normalized spacial score (nSPS) is 19.1. The highest BCUT2D eigenvalue weighted by Crippen LogP contribution is 2.41. The zero-order chi connectivity index (χ0) is 48.2. The van der Waals surface area contributed by atoms with E-state index in [-0.39, 0.29) is 12.1 Å². The van der Waals surface area contributed by atoms with Gasteiger partial charge < -0.3 is 19.2 Å². The molecule has 14 heteroatoms. The predicted octanol–water partition coefficient (Wildman–Crippen LogP) is 10.4. The second kappa shape index (κ2) is 20.8. The number of rotatable bonds is 10. The van der Waals surface area contributed by atoms with Gasteiger partial charge in [0.15, 0.2) is 0 Å². The monoisotopic (exact) mass is 914 g/mol. The molecule has 5 N–H and O–H groups in total. The lowest BCUT2D eigenvalue weighted by Gasteiger charge is -2.39. The highest BCUT2D eigenvalue weighted by molar-refractivity contribution is 5.95. The first-order valence-electron chi connectivity index (χ1n) is 23.1. The van der Waals surface area contributed by atoms with Crippen LogP contribution in [0.25, 0.3) is 21.8 Å². The lowest BCUT2D eigenvalue weighted by atomic mass is 9.87. The average molecular weight is 915 g/mol. The van der Waals surface area contributed by atoms with Gasteiger partial charge in [0.25, 0.3) is 11.8 Å². The Kier molecular flexibility index (Phi) is 15.1. The molecule has 14 nitrogen and oxygen atoms in total. The number of amides is 2. The van der Waals surface area contributed by atoms with E-state index >= 15 is 0 Å². The first kappa shape index (κ1) is 48.7. The average Bonchev–Trinajstić information content (AvgIpc) is 4.01. The van der Waals surface area contributed by atoms with Crippen LogP contribution in [-0.4, -0.2) is 80.6 Å². The van der Waals surface area contributed by atoms with Gasteiger partial charge in [-0.15, -0.1) is 0 Å². The maximum absolute atomic E-state index is 13.0. The molecule has 2 saturated heterocycles. The van der Waals surface area contributed by atoms with Gasteiger partial charge in [0.05, 0.1) is 19.7 Å². The van der Waals surface area contributed by atoms with E-state index in [1.165, 1.54) is 22.1 Å². The molecule has 356 valence electrons. The number of aryl methyl sites for hydroxylation is 2. The van der Waals surface area contributed by atoms with E-state index < -0.39 is 23.5 Å². The van der Waals surface area contributed by atoms with Gasteiger partial charge in [-0.05, 0) is 156 Å². The molecule has 6 aromatic rings. The van der Waals surface area contributed by atoms with E-state index in [2.05, 4.69) is 47.7 Å². The standard InChI is InChI=1S/C29H37N3O5.C24H29N3O3/c1-18-11-13-31(24(15-18)20-7-9-21(10-8-20)27(33)30-35)17-23-22-12-14-32(28(34)37-29(3,4)5)26(22)19(2)16-25(23)36-6;1-15-9-11-27(21(12-15)17-4-6-18(7-5-17)24(28)26-29)14-20-19-8-10-25-23(19)16(2)13-22(20)30-3/h7-10,12,14,16,18,24,35H,11,13,15,17H2,1-6H3,(H,30,33);4-8,10,13,15,21,25,29H,9,11-12,14H2,1-3H3,(H,26,28). The van der Waals surface area contributed by atoms with Crippen LogP contribution in [-0.2, 0) is 17.8 Å². The van der Waals surface area contributed by atoms with Crippen LogP contribution in [0.4, 0.5) is 4.79 Å². The molecule has 67 heavy (non-hydrogen) atoms. The molecule has 0 aliphatic carbocycles. The Morgan fingerprint density at radius 2 is 1.18 bits per heavy atom. The van der Waals surface area contributed by atoms with Crippen molar-refractivity contribution < 1.29 is 39.0 Å². The van der Waals surface area contributed by atoms with E-state index in [0.717, 1.165) is 89.9 Å². The van der Waals surface area contributed by atoms with Crippen LogP contribution in [0.3, 0.4) is 0 Å². The van der Waals surface area contributed by atoms with Gasteiger partial charge in [0.2, 0.25) is 0 Å². The number of aromatic nitrogens is 2. The van der Waals surface area contributed by atoms with Crippen molar-refractivity contribution in [2.75, 3.05) is 27.3 Å². The summed E-state index contributed by atoms with van der Waals surface area (Å²) in [6, 6.07) is 23.6. The fourth-order valence-corrected chi connectivity index (χ4v) is 9.85. The van der Waals surface area contributed by atoms with Gasteiger partial charge in [0, 0.05) is 76.1 Å². The van der Waals surface area contributed by atoms with Gasteiger partial charge >= 0.3 is 6.09 Å². The number of likely N-dealkylation sites (tertiary alicyclic amines) is 2. The minimum Gasteiger partial charge on any atom is -0.496 e. The Balaban J connectivity index is 0.000000203. The number of carbonyl (C=O) groups excluding carboxylic acids is 3. The number of methoxy groups -OCH3 is 2. The molecule has 4 unspecified atom stereocenters. The second-order valence-electron chi connectivity index (χ2n) is 19.3. The number of ether oxygens (including phenoxy) is 3. The van der Waals surface area contributed by atoms with Gasteiger partial charge in [-0.3, -0.25) is 34.4 Å². The third-order valence-corrected chi connectivity index (χ3v) is 13.4. The number of benzene rings is 4. The smallest absolute Gasteiger partial charge is 0.419 e. The molecule has 4 heterocycles. The SMILES string of the molecule is COc1cc(C)c2[nH]ccc2c1CN1CCC(C)CC1c1ccc(C(=O)NO)cc1.COc1cc(C)c2c(ccn2C(=O)OC(C)(C)C)c1CN1CCC(C)CC1c1ccc(C(=O)NO)cc1. The summed E-state index contributed by atoms with van der Waals surface area (Å²) in [7, 11) is 3.41. The van der Waals surface area contributed by atoms with E-state index in [0.29, 0.717) is 29.5 Å². The molecule has 0 saturated carbocycles. The number of nitrogens with zero attached hydrogens (tertiary/aromatic N) is 3. The number of hydrogen-bond acceptors (Lipinski definition) is 10. The largest absolute Gasteiger partial charge is 0.496 e. The summed E-state index contributed by atoms with van der Waals surface area (Å²) < 4.78 is 18.8. The van der Waals surface area contributed by atoms with Crippen molar-refractivity contribution >= 4 is 39.7 Å². The number of hydrogen-bond donors (Lipinski definition) is 5. The Morgan fingerprint density at radius 1 is 0.701 bits per heavy atom. The predicted molar refractivity (Wildman–Crippen MR) is 259 cm³/mol. The zero-order valence-corrected chi connectivity index (χ0v) is 40.2. The number of H-pyrrole nitrogens is 1. The fraction of sp³-hybridized carbons (Fsp3) is 0.415. The van der Waals surface area contributed by atoms with Crippen LogP contribution in [0.15, 0.2) is 85.2 Å². The van der Waals surface area contributed by atoms with Crippen molar-refractivity contribution in [2.24, 2.45) is 11.8 Å². The van der Waals surface area contributed by atoms with Gasteiger partial charge in [-0.2, -0.15) is 0 Å². The summed E-state index contributed by atoms with van der Waals surface area (Å²) >= 11 is 0. The summed E-state index contributed by atoms with van der Waals surface area (Å²) in [6.07, 6.45) is 7.65. The van der Waals surface area contributed by atoms with Crippen molar-refractivity contribution in [1.82, 2.24) is 30.3 Å². The maximum Gasteiger partial charge on any atom is 0.419 e. The van der Waals surface area contributed by atoms with Gasteiger partial charge in [-0.1, -0.05) is 38.1 Å². The van der Waals surface area contributed by atoms with Crippen LogP contribution in [0.2, 0.25) is 0 Å². The fourth-order valence-electron chi connectivity index (χ4n) is 9.85. The number of piperidine rings is 2. The van der Waals surface area contributed by atoms with Crippen LogP contribution in [0.1, 0.15) is 126 Å². The van der Waals surface area contributed by atoms with Crippen molar-refractivity contribution in [3.05, 3.63) is 130 Å². The van der Waals surface area contributed by atoms with Crippen molar-refractivity contribution in [3.8, 4) is 11.5 Å². The first-order chi connectivity index (χ1) is 32.0. The molecule has 2 aliphatic heterocycles. The van der Waals surface area contributed by atoms with E-state index in [4.69, 9.17) is 24.6 Å². The van der Waals surface area contributed by atoms with Crippen LogP contribution in [0.5, 0.6) is 11.5 Å². The first-order valence-corrected chi connectivity index (χ1v) is 23.1. The van der Waals surface area contributed by atoms with Gasteiger partial charge in [-0.25, -0.2) is 15.8 Å². The molecule has 8 rings (SSSR count). The molecule has 2 fully saturated rings. The molecule has 2 aromatic heterocycles. The highest BCUT2D eigenvalue weighted by atomic mass is 16.6. The maximum atomic E-state index is 13.0. The number of nitrogens with one attached hydrogen (secondary N) is 3. The molecule has 0 radical (unpaired) electrons. The molecule has 4 atom stereocenters. The van der Waals surface area contributed by atoms with Crippen LogP contribution < -0.4 is 20.4 Å². The number of fused-ring (bicyclic) bond motifs is 2. The molecule has 0 spiro atoms. The Bertz CT molecular complexity index is 2700. The van der Waals surface area contributed by atoms with E-state index in [1.807, 2.05) is 70.3 Å². The summed E-state index contributed by atoms with van der Waals surface area (Å²) in [5, 5.41) is 20.0. The number of carbonyl (C=O) groups is 3. The minimum atomic E-state index is -0.595.